The van der Waals surface area contributed by atoms with Crippen molar-refractivity contribution in [1.82, 2.24) is 9.80 Å². The number of nitrogens with zero attached hydrogens (tertiary/aromatic N) is 3. The average molecular weight is 427 g/mol. The number of piperidine rings is 2. The van der Waals surface area contributed by atoms with Crippen LogP contribution >= 0.6 is 0 Å². The summed E-state index contributed by atoms with van der Waals surface area (Å²) in [5.74, 6) is -0.403. The van der Waals surface area contributed by atoms with Gasteiger partial charge in [-0.25, -0.2) is 4.90 Å². The summed E-state index contributed by atoms with van der Waals surface area (Å²) in [6.07, 6.45) is 4.97. The normalized spacial score (nSPS) is 23.3. The van der Waals surface area contributed by atoms with Crippen molar-refractivity contribution in [1.29, 1.82) is 0 Å². The molecule has 4 rings (SSSR count). The van der Waals surface area contributed by atoms with E-state index in [1.807, 2.05) is 4.90 Å². The fourth-order valence-corrected chi connectivity index (χ4v) is 4.93. The second-order valence-corrected chi connectivity index (χ2v) is 8.72. The van der Waals surface area contributed by atoms with E-state index >= 15 is 0 Å². The van der Waals surface area contributed by atoms with Gasteiger partial charge >= 0.3 is 0 Å². The molecule has 31 heavy (non-hydrogen) atoms. The summed E-state index contributed by atoms with van der Waals surface area (Å²) < 4.78 is 0. The number of likely N-dealkylation sites (tertiary alicyclic amines) is 2. The first-order valence-corrected chi connectivity index (χ1v) is 11.2. The minimum Gasteiger partial charge on any atom is -0.342 e. The molecule has 1 aromatic carbocycles. The maximum Gasteiger partial charge on any atom is 0.251 e. The number of carbonyl (C=O) groups is 4. The fraction of sp³-hybridized carbons (Fsp3) is 0.565. The Hall–Kier alpha value is -2.74. The van der Waals surface area contributed by atoms with Gasteiger partial charge in [0.2, 0.25) is 17.7 Å². The summed E-state index contributed by atoms with van der Waals surface area (Å²) in [7, 11) is 0. The van der Waals surface area contributed by atoms with Crippen molar-refractivity contribution in [3.05, 3.63) is 24.3 Å². The topological polar surface area (TPSA) is 90.0 Å². The number of anilines is 2. The van der Waals surface area contributed by atoms with E-state index < -0.39 is 6.04 Å². The summed E-state index contributed by atoms with van der Waals surface area (Å²) in [5.41, 5.74) is 1.02. The molecule has 4 amide bonds. The van der Waals surface area contributed by atoms with Gasteiger partial charge in [0.15, 0.2) is 0 Å². The van der Waals surface area contributed by atoms with Gasteiger partial charge in [-0.2, -0.15) is 0 Å². The number of hydrogen-bond acceptors (Lipinski definition) is 5. The van der Waals surface area contributed by atoms with Crippen molar-refractivity contribution in [2.45, 2.75) is 51.5 Å². The molecule has 8 nitrogen and oxygen atoms in total. The van der Waals surface area contributed by atoms with E-state index in [0.29, 0.717) is 24.5 Å². The first-order chi connectivity index (χ1) is 14.9. The molecular formula is C23H30N4O4. The van der Waals surface area contributed by atoms with Gasteiger partial charge in [0, 0.05) is 31.6 Å². The molecule has 0 spiro atoms. The summed E-state index contributed by atoms with van der Waals surface area (Å²) >= 11 is 0. The van der Waals surface area contributed by atoms with Crippen molar-refractivity contribution < 1.29 is 19.2 Å². The van der Waals surface area contributed by atoms with E-state index in [1.165, 1.54) is 18.2 Å². The number of rotatable bonds is 4. The van der Waals surface area contributed by atoms with Crippen LogP contribution in [0.3, 0.4) is 0 Å². The number of benzene rings is 1. The molecule has 3 aliphatic heterocycles. The van der Waals surface area contributed by atoms with E-state index in [1.54, 1.807) is 24.3 Å². The zero-order valence-corrected chi connectivity index (χ0v) is 18.0. The van der Waals surface area contributed by atoms with Crippen molar-refractivity contribution in [2.24, 2.45) is 5.92 Å². The third kappa shape index (κ3) is 4.63. The second kappa shape index (κ2) is 9.18. The maximum atomic E-state index is 13.1. The highest BCUT2D eigenvalue weighted by Gasteiger charge is 2.44. The van der Waals surface area contributed by atoms with Gasteiger partial charge in [-0.15, -0.1) is 0 Å². The highest BCUT2D eigenvalue weighted by Crippen LogP contribution is 2.30. The number of amides is 4. The van der Waals surface area contributed by atoms with Crippen LogP contribution in [0, 0.1) is 5.92 Å². The lowest BCUT2D eigenvalue weighted by Crippen LogP contribution is -2.49. The molecule has 3 fully saturated rings. The molecule has 0 bridgehead atoms. The third-order valence-electron chi connectivity index (χ3n) is 6.53. The smallest absolute Gasteiger partial charge is 0.251 e. The van der Waals surface area contributed by atoms with Crippen molar-refractivity contribution >= 4 is 35.0 Å². The molecule has 0 unspecified atom stereocenters. The number of hydrogen-bond donors (Lipinski definition) is 1. The van der Waals surface area contributed by atoms with Gasteiger partial charge in [0.05, 0.1) is 18.2 Å². The Balaban J connectivity index is 1.38. The van der Waals surface area contributed by atoms with E-state index in [9.17, 15) is 19.2 Å². The lowest BCUT2D eigenvalue weighted by atomic mass is 9.93. The number of carbonyl (C=O) groups excluding carboxylic acids is 4. The standard InChI is InChI=1S/C23H30N4O4/c1-16(28)24-18-6-5-7-19(14-18)27-21(29)15-20(23(27)31)25-12-8-17(9-13-25)22(30)26-10-3-2-4-11-26/h5-7,14,17,20H,2-4,8-13,15H2,1H3,(H,24,28)/t20-/m0/s1. The SMILES string of the molecule is CC(=O)Nc1cccc(N2C(=O)C[C@H](N3CCC(C(=O)N4CCCCC4)CC3)C2=O)c1. The molecule has 0 radical (unpaired) electrons. The molecule has 8 heteroatoms. The van der Waals surface area contributed by atoms with Crippen LogP contribution in [0.15, 0.2) is 24.3 Å². The molecule has 1 atom stereocenters. The molecule has 0 aromatic heterocycles. The highest BCUT2D eigenvalue weighted by atomic mass is 16.2. The molecule has 3 heterocycles. The molecule has 0 aliphatic carbocycles. The Bertz CT molecular complexity index is 872. The van der Waals surface area contributed by atoms with Crippen LogP contribution in [0.2, 0.25) is 0 Å². The second-order valence-electron chi connectivity index (χ2n) is 8.72. The molecule has 1 N–H and O–H groups in total. The Morgan fingerprint density at radius 3 is 2.39 bits per heavy atom. The number of nitrogens with one attached hydrogen (secondary N) is 1. The summed E-state index contributed by atoms with van der Waals surface area (Å²) in [6, 6.07) is 6.29. The van der Waals surface area contributed by atoms with Gasteiger partial charge in [0.25, 0.3) is 5.91 Å². The van der Waals surface area contributed by atoms with Gasteiger partial charge in [-0.1, -0.05) is 6.07 Å². The predicted octanol–water partition coefficient (Wildman–Crippen LogP) is 2.00. The molecule has 0 saturated carbocycles. The van der Waals surface area contributed by atoms with Crippen LogP contribution in [0.4, 0.5) is 11.4 Å². The van der Waals surface area contributed by atoms with Gasteiger partial charge in [-0.05, 0) is 63.4 Å². The molecule has 3 aliphatic rings. The summed E-state index contributed by atoms with van der Waals surface area (Å²) in [6.45, 7) is 4.43. The Labute approximate surface area is 182 Å². The first-order valence-electron chi connectivity index (χ1n) is 11.2. The Morgan fingerprint density at radius 1 is 1.00 bits per heavy atom. The van der Waals surface area contributed by atoms with E-state index in [4.69, 9.17) is 0 Å². The lowest BCUT2D eigenvalue weighted by molar-refractivity contribution is -0.138. The van der Waals surface area contributed by atoms with Gasteiger partial charge in [0.1, 0.15) is 0 Å². The molecule has 166 valence electrons. The van der Waals surface area contributed by atoms with Gasteiger partial charge in [-0.3, -0.25) is 24.1 Å². The predicted molar refractivity (Wildman–Crippen MR) is 116 cm³/mol. The largest absolute Gasteiger partial charge is 0.342 e. The minimum absolute atomic E-state index is 0.0204. The fourth-order valence-electron chi connectivity index (χ4n) is 4.93. The summed E-state index contributed by atoms with van der Waals surface area (Å²) in [5, 5.41) is 2.68. The third-order valence-corrected chi connectivity index (χ3v) is 6.53. The monoisotopic (exact) mass is 426 g/mol. The van der Waals surface area contributed by atoms with Crippen LogP contribution in [-0.4, -0.2) is 65.6 Å². The minimum atomic E-state index is -0.483. The Morgan fingerprint density at radius 2 is 1.71 bits per heavy atom. The van der Waals surface area contributed by atoms with Crippen LogP contribution < -0.4 is 10.2 Å². The number of imide groups is 1. The first kappa shape index (κ1) is 21.5. The van der Waals surface area contributed by atoms with Crippen LogP contribution in [0.1, 0.15) is 45.4 Å². The zero-order chi connectivity index (χ0) is 22.0. The highest BCUT2D eigenvalue weighted by molar-refractivity contribution is 6.22. The van der Waals surface area contributed by atoms with Gasteiger partial charge < -0.3 is 10.2 Å². The maximum absolute atomic E-state index is 13.1. The summed E-state index contributed by atoms with van der Waals surface area (Å²) in [4.78, 5) is 55.2. The average Bonchev–Trinajstić information content (AvgIpc) is 3.07. The Kier molecular flexibility index (Phi) is 6.36. The van der Waals surface area contributed by atoms with E-state index in [0.717, 1.165) is 38.8 Å². The van der Waals surface area contributed by atoms with E-state index in [-0.39, 0.29) is 36.0 Å². The van der Waals surface area contributed by atoms with Crippen LogP contribution in [0.5, 0.6) is 0 Å². The van der Waals surface area contributed by atoms with E-state index in [2.05, 4.69) is 10.2 Å². The zero-order valence-electron chi connectivity index (χ0n) is 18.0. The van der Waals surface area contributed by atoms with Crippen molar-refractivity contribution in [3.8, 4) is 0 Å². The van der Waals surface area contributed by atoms with Crippen LogP contribution in [-0.2, 0) is 19.2 Å². The van der Waals surface area contributed by atoms with Crippen molar-refractivity contribution in [2.75, 3.05) is 36.4 Å². The van der Waals surface area contributed by atoms with Crippen LogP contribution in [0.25, 0.3) is 0 Å². The molecule has 3 saturated heterocycles. The molecule has 1 aromatic rings. The van der Waals surface area contributed by atoms with Crippen molar-refractivity contribution in [3.63, 3.8) is 0 Å². The quantitative estimate of drug-likeness (QED) is 0.744. The lowest BCUT2D eigenvalue weighted by Gasteiger charge is -2.37. The molecular weight excluding hydrogens is 396 g/mol.